The molecule has 0 aliphatic rings. The topological polar surface area (TPSA) is 79.3 Å². The van der Waals surface area contributed by atoms with Gasteiger partial charge in [0.1, 0.15) is 11.6 Å². The van der Waals surface area contributed by atoms with Crippen molar-refractivity contribution in [2.75, 3.05) is 5.32 Å². The number of anilines is 1. The minimum Gasteiger partial charge on any atom is -0.478 e. The van der Waals surface area contributed by atoms with Gasteiger partial charge in [-0.1, -0.05) is 0 Å². The molecule has 1 aromatic carbocycles. The monoisotopic (exact) mass is 386 g/mol. The lowest BCUT2D eigenvalue weighted by atomic mass is 10.2. The third-order valence-corrected chi connectivity index (χ3v) is 3.32. The van der Waals surface area contributed by atoms with Crippen LogP contribution in [0.3, 0.4) is 0 Å². The predicted molar refractivity (Wildman–Crippen MR) is 78.3 cm³/mol. The van der Waals surface area contributed by atoms with Gasteiger partial charge >= 0.3 is 5.97 Å². The zero-order valence-electron chi connectivity index (χ0n) is 9.93. The molecule has 1 heterocycles. The maximum absolute atomic E-state index is 13.0. The highest BCUT2D eigenvalue weighted by atomic mass is 127. The van der Waals surface area contributed by atoms with Crippen molar-refractivity contribution in [3.8, 4) is 0 Å². The first kappa shape index (κ1) is 14.4. The number of benzene rings is 1. The summed E-state index contributed by atoms with van der Waals surface area (Å²) >= 11 is 1.86. The van der Waals surface area contributed by atoms with Crippen LogP contribution in [0.15, 0.2) is 36.5 Å². The van der Waals surface area contributed by atoms with Gasteiger partial charge in [0.25, 0.3) is 5.91 Å². The van der Waals surface area contributed by atoms with Crippen LogP contribution in [0.4, 0.5) is 10.2 Å². The van der Waals surface area contributed by atoms with E-state index in [9.17, 15) is 14.0 Å². The second kappa shape index (κ2) is 5.95. The molecule has 102 valence electrons. The van der Waals surface area contributed by atoms with Gasteiger partial charge in [-0.2, -0.15) is 0 Å². The number of aromatic nitrogens is 1. The molecule has 2 aromatic rings. The van der Waals surface area contributed by atoms with Gasteiger partial charge in [0.05, 0.1) is 11.1 Å². The first-order valence-corrected chi connectivity index (χ1v) is 6.51. The molecule has 1 aromatic heterocycles. The van der Waals surface area contributed by atoms with E-state index >= 15 is 0 Å². The molecule has 0 aliphatic carbocycles. The van der Waals surface area contributed by atoms with E-state index in [1.54, 1.807) is 0 Å². The zero-order valence-corrected chi connectivity index (χ0v) is 12.1. The molecular formula is C13H8FIN2O3. The number of carbonyl (C=O) groups excluding carboxylic acids is 1. The van der Waals surface area contributed by atoms with Crippen molar-refractivity contribution in [2.45, 2.75) is 0 Å². The summed E-state index contributed by atoms with van der Waals surface area (Å²) in [5.41, 5.74) is 0.343. The molecule has 0 fully saturated rings. The summed E-state index contributed by atoms with van der Waals surface area (Å²) in [6.45, 7) is 0. The highest BCUT2D eigenvalue weighted by Crippen LogP contribution is 2.15. The second-order valence-electron chi connectivity index (χ2n) is 3.82. The Morgan fingerprint density at radius 1 is 1.25 bits per heavy atom. The Labute approximate surface area is 127 Å². The summed E-state index contributed by atoms with van der Waals surface area (Å²) in [7, 11) is 0. The molecule has 2 rings (SSSR count). The molecule has 20 heavy (non-hydrogen) atoms. The Morgan fingerprint density at radius 3 is 2.55 bits per heavy atom. The quantitative estimate of drug-likeness (QED) is 0.796. The van der Waals surface area contributed by atoms with E-state index < -0.39 is 17.7 Å². The first-order valence-electron chi connectivity index (χ1n) is 5.43. The summed E-state index contributed by atoms with van der Waals surface area (Å²) in [6.07, 6.45) is 1.15. The lowest BCUT2D eigenvalue weighted by Crippen LogP contribution is -2.14. The van der Waals surface area contributed by atoms with Gasteiger partial charge in [-0.15, -0.1) is 0 Å². The lowest BCUT2D eigenvalue weighted by Gasteiger charge is -2.06. The van der Waals surface area contributed by atoms with E-state index in [2.05, 4.69) is 10.3 Å². The minimum absolute atomic E-state index is 0.0272. The number of pyridine rings is 1. The van der Waals surface area contributed by atoms with Crippen LogP contribution in [-0.2, 0) is 0 Å². The highest BCUT2D eigenvalue weighted by Gasteiger charge is 2.12. The van der Waals surface area contributed by atoms with Gasteiger partial charge in [0.15, 0.2) is 0 Å². The molecule has 0 atom stereocenters. The Bertz CT molecular complexity index is 674. The summed E-state index contributed by atoms with van der Waals surface area (Å²) in [5.74, 6) is -1.73. The van der Waals surface area contributed by atoms with Crippen LogP contribution in [-0.4, -0.2) is 22.0 Å². The van der Waals surface area contributed by atoms with Crippen LogP contribution in [0.1, 0.15) is 20.7 Å². The molecule has 0 aliphatic heterocycles. The number of rotatable bonds is 3. The Morgan fingerprint density at radius 2 is 2.00 bits per heavy atom. The van der Waals surface area contributed by atoms with Crippen molar-refractivity contribution in [3.63, 3.8) is 0 Å². The third-order valence-electron chi connectivity index (χ3n) is 2.43. The van der Waals surface area contributed by atoms with Crippen LogP contribution < -0.4 is 5.32 Å². The number of hydrogen-bond acceptors (Lipinski definition) is 3. The summed E-state index contributed by atoms with van der Waals surface area (Å²) < 4.78 is 13.4. The Balaban J connectivity index is 2.17. The van der Waals surface area contributed by atoms with E-state index in [-0.39, 0.29) is 11.4 Å². The van der Waals surface area contributed by atoms with Crippen LogP contribution in [0, 0.1) is 9.39 Å². The number of nitrogens with zero attached hydrogens (tertiary/aromatic N) is 1. The summed E-state index contributed by atoms with van der Waals surface area (Å²) in [4.78, 5) is 26.5. The number of hydrogen-bond donors (Lipinski definition) is 2. The van der Waals surface area contributed by atoms with Gasteiger partial charge in [-0.05, 0) is 52.9 Å². The first-order chi connectivity index (χ1) is 9.47. The number of aromatic carboxylic acids is 1. The van der Waals surface area contributed by atoms with Gasteiger partial charge < -0.3 is 10.4 Å². The van der Waals surface area contributed by atoms with Gasteiger partial charge in [0.2, 0.25) is 0 Å². The molecule has 2 N–H and O–H groups in total. The average Bonchev–Trinajstić information content (AvgIpc) is 2.39. The molecule has 0 unspecified atom stereocenters. The molecule has 0 saturated heterocycles. The van der Waals surface area contributed by atoms with Crippen LogP contribution in [0.2, 0.25) is 0 Å². The smallest absolute Gasteiger partial charge is 0.337 e. The van der Waals surface area contributed by atoms with Crippen molar-refractivity contribution in [2.24, 2.45) is 0 Å². The van der Waals surface area contributed by atoms with Crippen molar-refractivity contribution in [1.82, 2.24) is 4.98 Å². The molecule has 0 radical (unpaired) electrons. The van der Waals surface area contributed by atoms with E-state index in [4.69, 9.17) is 5.11 Å². The molecule has 0 bridgehead atoms. The Hall–Kier alpha value is -2.03. The molecule has 1 amide bonds. The zero-order chi connectivity index (χ0) is 14.7. The molecule has 7 heteroatoms. The number of carbonyl (C=O) groups is 2. The average molecular weight is 386 g/mol. The summed E-state index contributed by atoms with van der Waals surface area (Å²) in [5, 5.41) is 11.2. The predicted octanol–water partition coefficient (Wildman–Crippen LogP) is 2.78. The van der Waals surface area contributed by atoms with Crippen molar-refractivity contribution >= 4 is 40.3 Å². The standard InChI is InChI=1S/C13H8FIN2O3/c14-8-2-3-9(10(15)5-8)12(18)17-11-4-1-7(6-16-11)13(19)20/h1-6H,(H,19,20)(H,16,17,18). The third kappa shape index (κ3) is 3.29. The van der Waals surface area contributed by atoms with E-state index in [0.717, 1.165) is 6.20 Å². The molecule has 0 spiro atoms. The van der Waals surface area contributed by atoms with E-state index in [1.165, 1.54) is 30.3 Å². The minimum atomic E-state index is -1.09. The number of carboxylic acid groups (broad SMARTS) is 1. The molecule has 5 nitrogen and oxygen atoms in total. The Kier molecular flexibility index (Phi) is 4.28. The van der Waals surface area contributed by atoms with Gasteiger partial charge in [0, 0.05) is 9.77 Å². The number of carboxylic acids is 1. The van der Waals surface area contributed by atoms with E-state index in [0.29, 0.717) is 9.13 Å². The molecule has 0 saturated carbocycles. The fourth-order valence-electron chi connectivity index (χ4n) is 1.45. The van der Waals surface area contributed by atoms with Crippen molar-refractivity contribution < 1.29 is 19.1 Å². The van der Waals surface area contributed by atoms with Gasteiger partial charge in [-0.25, -0.2) is 14.2 Å². The number of amides is 1. The normalized spacial score (nSPS) is 10.1. The SMILES string of the molecule is O=C(O)c1ccc(NC(=O)c2ccc(F)cc2I)nc1. The number of halogens is 2. The largest absolute Gasteiger partial charge is 0.478 e. The fourth-order valence-corrected chi connectivity index (χ4v) is 2.17. The van der Waals surface area contributed by atoms with Crippen molar-refractivity contribution in [3.05, 3.63) is 57.0 Å². The van der Waals surface area contributed by atoms with Gasteiger partial charge in [-0.3, -0.25) is 4.79 Å². The van der Waals surface area contributed by atoms with Crippen molar-refractivity contribution in [1.29, 1.82) is 0 Å². The van der Waals surface area contributed by atoms with Crippen LogP contribution >= 0.6 is 22.6 Å². The maximum atomic E-state index is 13.0. The van der Waals surface area contributed by atoms with Crippen LogP contribution in [0.25, 0.3) is 0 Å². The lowest BCUT2D eigenvalue weighted by molar-refractivity contribution is 0.0696. The highest BCUT2D eigenvalue weighted by molar-refractivity contribution is 14.1. The maximum Gasteiger partial charge on any atom is 0.337 e. The number of nitrogens with one attached hydrogen (secondary N) is 1. The van der Waals surface area contributed by atoms with E-state index in [1.807, 2.05) is 22.6 Å². The van der Waals surface area contributed by atoms with Crippen LogP contribution in [0.5, 0.6) is 0 Å². The summed E-state index contributed by atoms with van der Waals surface area (Å²) in [6, 6.07) is 6.53. The fraction of sp³-hybridized carbons (Fsp3) is 0. The second-order valence-corrected chi connectivity index (χ2v) is 4.98. The molecular weight excluding hydrogens is 378 g/mol.